The highest BCUT2D eigenvalue weighted by Crippen LogP contribution is 2.34. The first-order valence-electron chi connectivity index (χ1n) is 9.91. The molecule has 1 aliphatic rings. The van der Waals surface area contributed by atoms with Crippen LogP contribution in [0.3, 0.4) is 0 Å². The minimum Gasteiger partial charge on any atom is -0.298 e. The number of hydrogen-bond acceptors (Lipinski definition) is 6. The quantitative estimate of drug-likeness (QED) is 0.492. The normalized spacial score (nSPS) is 15.7. The zero-order valence-electron chi connectivity index (χ0n) is 16.6. The summed E-state index contributed by atoms with van der Waals surface area (Å²) in [4.78, 5) is 17.2. The van der Waals surface area contributed by atoms with E-state index in [0.717, 1.165) is 32.1 Å². The minimum absolute atomic E-state index is 0.0356. The number of benzene rings is 1. The summed E-state index contributed by atoms with van der Waals surface area (Å²) in [5, 5.41) is 14.7. The number of carbonyl (C=O) groups is 1. The molecular formula is C20H18ClF3N6OS. The predicted molar refractivity (Wildman–Crippen MR) is 114 cm³/mol. The molecule has 7 nitrogen and oxygen atoms in total. The van der Waals surface area contributed by atoms with E-state index in [2.05, 4.69) is 25.8 Å². The zero-order chi connectivity index (χ0) is 22.7. The third-order valence-corrected chi connectivity index (χ3v) is 6.16. The summed E-state index contributed by atoms with van der Waals surface area (Å²) >= 11 is 7.74. The van der Waals surface area contributed by atoms with Gasteiger partial charge in [0.05, 0.1) is 10.7 Å². The van der Waals surface area contributed by atoms with Crippen molar-refractivity contribution in [2.75, 3.05) is 5.32 Å². The first-order valence-corrected chi connectivity index (χ1v) is 11.2. The molecule has 1 N–H and O–H groups in total. The lowest BCUT2D eigenvalue weighted by Gasteiger charge is -2.20. The number of nitrogens with zero attached hydrogens (tertiary/aromatic N) is 5. The summed E-state index contributed by atoms with van der Waals surface area (Å²) in [7, 11) is 0. The van der Waals surface area contributed by atoms with E-state index in [1.165, 1.54) is 29.5 Å². The van der Waals surface area contributed by atoms with Crippen LogP contribution in [-0.4, -0.2) is 31.1 Å². The van der Waals surface area contributed by atoms with Gasteiger partial charge in [0, 0.05) is 22.7 Å². The Labute approximate surface area is 190 Å². The van der Waals surface area contributed by atoms with E-state index in [0.29, 0.717) is 20.9 Å². The zero-order valence-corrected chi connectivity index (χ0v) is 18.2. The Hall–Kier alpha value is -2.79. The van der Waals surface area contributed by atoms with Crippen LogP contribution in [0.15, 0.2) is 35.9 Å². The van der Waals surface area contributed by atoms with Crippen molar-refractivity contribution >= 4 is 39.5 Å². The summed E-state index contributed by atoms with van der Waals surface area (Å²) < 4.78 is 40.0. The van der Waals surface area contributed by atoms with Crippen LogP contribution in [0.25, 0.3) is 11.3 Å². The molecule has 0 bridgehead atoms. The van der Waals surface area contributed by atoms with Crippen molar-refractivity contribution < 1.29 is 18.0 Å². The first kappa shape index (κ1) is 22.4. The van der Waals surface area contributed by atoms with E-state index < -0.39 is 12.0 Å². The van der Waals surface area contributed by atoms with Crippen LogP contribution in [0.4, 0.5) is 18.3 Å². The number of hydrogen-bond donors (Lipinski definition) is 1. The molecule has 0 aliphatic heterocycles. The Balaban J connectivity index is 1.70. The SMILES string of the molecule is O=C(Nc1nccs1)/C(=C/C1CCCCC1)c1ccc(-n2nnnc2C(F)(F)F)cc1Cl. The molecule has 1 aromatic carbocycles. The second kappa shape index (κ2) is 9.37. The van der Waals surface area contributed by atoms with Crippen molar-refractivity contribution in [1.29, 1.82) is 0 Å². The summed E-state index contributed by atoms with van der Waals surface area (Å²) in [6.07, 6.45) is 4.00. The van der Waals surface area contributed by atoms with Gasteiger partial charge >= 0.3 is 6.18 Å². The van der Waals surface area contributed by atoms with Crippen molar-refractivity contribution in [3.05, 3.63) is 52.3 Å². The number of thiazole rings is 1. The van der Waals surface area contributed by atoms with Crippen LogP contribution in [0, 0.1) is 5.92 Å². The molecule has 0 atom stereocenters. The van der Waals surface area contributed by atoms with Gasteiger partial charge in [0.2, 0.25) is 0 Å². The number of rotatable bonds is 5. The molecule has 168 valence electrons. The number of aromatic nitrogens is 5. The van der Waals surface area contributed by atoms with E-state index in [-0.39, 0.29) is 22.5 Å². The molecule has 0 saturated heterocycles. The Morgan fingerprint density at radius 3 is 2.69 bits per heavy atom. The van der Waals surface area contributed by atoms with Gasteiger partial charge in [-0.2, -0.15) is 17.9 Å². The molecule has 0 radical (unpaired) electrons. The van der Waals surface area contributed by atoms with E-state index >= 15 is 0 Å². The predicted octanol–water partition coefficient (Wildman–Crippen LogP) is 5.39. The van der Waals surface area contributed by atoms with Gasteiger partial charge in [0.25, 0.3) is 11.7 Å². The molecule has 2 heterocycles. The van der Waals surface area contributed by atoms with Crippen LogP contribution in [-0.2, 0) is 11.0 Å². The summed E-state index contributed by atoms with van der Waals surface area (Å²) in [5.41, 5.74) is 0.807. The molecule has 0 unspecified atom stereocenters. The Kier molecular flexibility index (Phi) is 6.56. The molecule has 32 heavy (non-hydrogen) atoms. The van der Waals surface area contributed by atoms with Gasteiger partial charge in [-0.15, -0.1) is 16.4 Å². The molecule has 3 aromatic rings. The maximum atomic E-state index is 13.2. The van der Waals surface area contributed by atoms with Gasteiger partial charge in [-0.05, 0) is 41.3 Å². The number of tetrazole rings is 1. The fourth-order valence-corrected chi connectivity index (χ4v) is 4.47. The van der Waals surface area contributed by atoms with Crippen molar-refractivity contribution in [3.8, 4) is 5.69 Å². The highest BCUT2D eigenvalue weighted by Gasteiger charge is 2.38. The van der Waals surface area contributed by atoms with E-state index in [1.54, 1.807) is 11.6 Å². The van der Waals surface area contributed by atoms with Crippen LogP contribution in [0.5, 0.6) is 0 Å². The van der Waals surface area contributed by atoms with Gasteiger partial charge in [0.1, 0.15) is 0 Å². The molecule has 1 saturated carbocycles. The number of amides is 1. The van der Waals surface area contributed by atoms with Crippen molar-refractivity contribution in [3.63, 3.8) is 0 Å². The van der Waals surface area contributed by atoms with E-state index in [4.69, 9.17) is 11.6 Å². The van der Waals surface area contributed by atoms with Crippen LogP contribution >= 0.6 is 22.9 Å². The number of anilines is 1. The van der Waals surface area contributed by atoms with Gasteiger partial charge in [-0.3, -0.25) is 10.1 Å². The molecule has 2 aromatic heterocycles. The lowest BCUT2D eigenvalue weighted by Crippen LogP contribution is -2.16. The highest BCUT2D eigenvalue weighted by atomic mass is 35.5. The van der Waals surface area contributed by atoms with Gasteiger partial charge in [-0.25, -0.2) is 4.98 Å². The number of alkyl halides is 3. The minimum atomic E-state index is -4.73. The van der Waals surface area contributed by atoms with Crippen molar-refractivity contribution in [2.45, 2.75) is 38.3 Å². The molecule has 1 fully saturated rings. The maximum Gasteiger partial charge on any atom is 0.453 e. The van der Waals surface area contributed by atoms with Crippen molar-refractivity contribution in [2.24, 2.45) is 5.92 Å². The average Bonchev–Trinajstić information content (AvgIpc) is 3.45. The van der Waals surface area contributed by atoms with Gasteiger partial charge in [-0.1, -0.05) is 43.0 Å². The first-order chi connectivity index (χ1) is 15.3. The lowest BCUT2D eigenvalue weighted by molar-refractivity contribution is -0.146. The maximum absolute atomic E-state index is 13.2. The number of allylic oxidation sites excluding steroid dienone is 1. The summed E-state index contributed by atoms with van der Waals surface area (Å²) in [6, 6.07) is 4.22. The van der Waals surface area contributed by atoms with Crippen LogP contribution in [0.1, 0.15) is 43.5 Å². The smallest absolute Gasteiger partial charge is 0.298 e. The van der Waals surface area contributed by atoms with E-state index in [1.807, 2.05) is 6.08 Å². The largest absolute Gasteiger partial charge is 0.453 e. The van der Waals surface area contributed by atoms with Gasteiger partial charge < -0.3 is 0 Å². The molecule has 4 rings (SSSR count). The average molecular weight is 483 g/mol. The lowest BCUT2D eigenvalue weighted by atomic mass is 9.86. The van der Waals surface area contributed by atoms with E-state index in [9.17, 15) is 18.0 Å². The number of halogens is 4. The van der Waals surface area contributed by atoms with Crippen LogP contribution in [0.2, 0.25) is 5.02 Å². The summed E-state index contributed by atoms with van der Waals surface area (Å²) in [6.45, 7) is 0. The molecule has 1 aliphatic carbocycles. The van der Waals surface area contributed by atoms with Crippen LogP contribution < -0.4 is 5.32 Å². The Morgan fingerprint density at radius 1 is 1.25 bits per heavy atom. The van der Waals surface area contributed by atoms with Gasteiger partial charge in [0.15, 0.2) is 5.13 Å². The molecular weight excluding hydrogens is 465 g/mol. The fraction of sp³-hybridized carbons (Fsp3) is 0.350. The standard InChI is InChI=1S/C20H18ClF3N6OS/c21-16-11-13(30-18(20(22,23)24)27-28-29-30)6-7-14(16)15(10-12-4-2-1-3-5-12)17(31)26-19-25-8-9-32-19/h6-12H,1-5H2,(H,25,26,31)/b15-10+. The molecule has 0 spiro atoms. The second-order valence-corrected chi connectivity index (χ2v) is 8.65. The molecule has 1 amide bonds. The van der Waals surface area contributed by atoms with Crippen molar-refractivity contribution in [1.82, 2.24) is 25.2 Å². The third-order valence-electron chi connectivity index (χ3n) is 5.16. The number of carbonyl (C=O) groups excluding carboxylic acids is 1. The number of nitrogens with one attached hydrogen (secondary N) is 1. The third kappa shape index (κ3) is 4.99. The Morgan fingerprint density at radius 2 is 2.03 bits per heavy atom. The fourth-order valence-electron chi connectivity index (χ4n) is 3.67. The topological polar surface area (TPSA) is 85.6 Å². The Bertz CT molecular complexity index is 1120. The second-order valence-electron chi connectivity index (χ2n) is 7.35. The monoisotopic (exact) mass is 482 g/mol. The molecule has 12 heteroatoms. The highest BCUT2D eigenvalue weighted by molar-refractivity contribution is 7.13. The summed E-state index contributed by atoms with van der Waals surface area (Å²) in [5.74, 6) is -1.42.